The number of piperidine rings is 1. The average molecular weight is 428 g/mol. The molecule has 1 aliphatic heterocycles. The molecule has 2 aromatic rings. The summed E-state index contributed by atoms with van der Waals surface area (Å²) in [7, 11) is -2.68. The van der Waals surface area contributed by atoms with Crippen LogP contribution in [0.2, 0.25) is 0 Å². The monoisotopic (exact) mass is 427 g/mol. The Hall–Kier alpha value is -2.28. The average Bonchev–Trinajstić information content (AvgIpc) is 2.74. The second-order valence-corrected chi connectivity index (χ2v) is 12.1. The zero-order valence-electron chi connectivity index (χ0n) is 17.5. The van der Waals surface area contributed by atoms with Crippen molar-refractivity contribution in [2.24, 2.45) is 5.41 Å². The molecular weight excluding hydrogens is 398 g/mol. The maximum atomic E-state index is 14.0. The first-order valence-electron chi connectivity index (χ1n) is 10.3. The van der Waals surface area contributed by atoms with Crippen LogP contribution in [0.4, 0.5) is 0 Å². The molecule has 0 bridgehead atoms. The Labute approximate surface area is 178 Å². The Morgan fingerprint density at radius 3 is 2.47 bits per heavy atom. The third kappa shape index (κ3) is 3.75. The number of fused-ring (bicyclic) bond motifs is 1. The Morgan fingerprint density at radius 2 is 1.80 bits per heavy atom. The fraction of sp³-hybridized carbons (Fsp3) is 0.375. The summed E-state index contributed by atoms with van der Waals surface area (Å²) in [6.45, 7) is 0.894. The Morgan fingerprint density at radius 1 is 1.10 bits per heavy atom. The van der Waals surface area contributed by atoms with Crippen LogP contribution in [0.15, 0.2) is 71.1 Å². The number of nitrogens with zero attached hydrogens (tertiary/aromatic N) is 1. The number of hydrogen-bond donors (Lipinski definition) is 1. The molecule has 1 fully saturated rings. The number of carbonyl (C=O) groups is 1. The van der Waals surface area contributed by atoms with Crippen LogP contribution >= 0.6 is 0 Å². The van der Waals surface area contributed by atoms with Crippen LogP contribution in [0.5, 0.6) is 5.75 Å². The predicted molar refractivity (Wildman–Crippen MR) is 119 cm³/mol. The Balaban J connectivity index is 1.71. The molecule has 1 saturated heterocycles. The summed E-state index contributed by atoms with van der Waals surface area (Å²) < 4.78 is 32.5. The minimum atomic E-state index is -4.25. The van der Waals surface area contributed by atoms with Crippen LogP contribution in [-0.4, -0.2) is 45.3 Å². The molecule has 0 radical (unpaired) electrons. The van der Waals surface area contributed by atoms with Crippen LogP contribution < -0.4 is 4.74 Å². The zero-order chi connectivity index (χ0) is 21.4. The van der Waals surface area contributed by atoms with Gasteiger partial charge in [0.15, 0.2) is 5.78 Å². The van der Waals surface area contributed by atoms with E-state index in [1.54, 1.807) is 41.8 Å². The van der Waals surface area contributed by atoms with Gasteiger partial charge >= 0.3 is 0 Å². The van der Waals surface area contributed by atoms with E-state index in [9.17, 15) is 13.6 Å². The summed E-state index contributed by atoms with van der Waals surface area (Å²) in [4.78, 5) is 12.5. The topological polar surface area (TPSA) is 66.8 Å². The number of carbonyl (C=O) groups excluding carboxylic acids is 1. The number of methoxy groups -OCH3 is 1. The summed E-state index contributed by atoms with van der Waals surface area (Å²) >= 11 is 0. The number of ketones is 1. The van der Waals surface area contributed by atoms with E-state index in [1.807, 2.05) is 18.2 Å². The largest absolute Gasteiger partial charge is 0.497 e. The third-order valence-corrected chi connectivity index (χ3v) is 9.46. The number of ether oxygens (including phenoxy) is 1. The van der Waals surface area contributed by atoms with E-state index in [0.717, 1.165) is 12.0 Å². The first-order chi connectivity index (χ1) is 14.2. The van der Waals surface area contributed by atoms with E-state index < -0.39 is 9.53 Å². The van der Waals surface area contributed by atoms with Gasteiger partial charge in [0, 0.05) is 31.2 Å². The highest BCUT2D eigenvalue weighted by molar-refractivity contribution is 8.12. The lowest BCUT2D eigenvalue weighted by atomic mass is 9.66. The lowest BCUT2D eigenvalue weighted by Crippen LogP contribution is -2.58. The Kier molecular flexibility index (Phi) is 5.21. The standard InChI is InChI=1S/C24H29NO4S/c1-29-22-8-10-23(11-9-22)30(2,27,28)25-15-13-20-16-21(26)12-14-24(20,18-25)17-19-6-4-3-5-7-19/h3-11,16H,12-15,17-18H2,1-2H3,(H,27,28). The lowest BCUT2D eigenvalue weighted by molar-refractivity contribution is -0.116. The third-order valence-electron chi connectivity index (χ3n) is 6.57. The molecule has 0 amide bonds. The van der Waals surface area contributed by atoms with Gasteiger partial charge < -0.3 is 4.74 Å². The molecule has 1 N–H and O–H groups in total. The van der Waals surface area contributed by atoms with Crippen molar-refractivity contribution >= 4 is 15.3 Å². The highest BCUT2D eigenvalue weighted by Crippen LogP contribution is 2.48. The van der Waals surface area contributed by atoms with Crippen molar-refractivity contribution < 1.29 is 18.3 Å². The molecule has 160 valence electrons. The first kappa shape index (κ1) is 21.0. The van der Waals surface area contributed by atoms with E-state index in [4.69, 9.17) is 4.74 Å². The maximum absolute atomic E-state index is 14.0. The Bertz CT molecular complexity index is 1040. The van der Waals surface area contributed by atoms with Crippen molar-refractivity contribution in [1.82, 2.24) is 4.31 Å². The van der Waals surface area contributed by atoms with E-state index in [1.165, 1.54) is 11.8 Å². The summed E-state index contributed by atoms with van der Waals surface area (Å²) in [6.07, 6.45) is 5.80. The van der Waals surface area contributed by atoms with Gasteiger partial charge in [-0.2, -0.15) is 4.21 Å². The smallest absolute Gasteiger partial charge is 0.155 e. The van der Waals surface area contributed by atoms with Gasteiger partial charge in [-0.25, -0.2) is 4.31 Å². The van der Waals surface area contributed by atoms with Gasteiger partial charge in [0.2, 0.25) is 0 Å². The summed E-state index contributed by atoms with van der Waals surface area (Å²) in [5, 5.41) is 0. The van der Waals surface area contributed by atoms with Crippen molar-refractivity contribution in [3.63, 3.8) is 0 Å². The number of rotatable bonds is 5. The summed E-state index contributed by atoms with van der Waals surface area (Å²) in [6, 6.07) is 17.0. The molecule has 30 heavy (non-hydrogen) atoms. The molecule has 1 aliphatic carbocycles. The van der Waals surface area contributed by atoms with Crippen molar-refractivity contribution in [2.45, 2.75) is 30.6 Å². The second kappa shape index (κ2) is 7.45. The van der Waals surface area contributed by atoms with Gasteiger partial charge in [0.25, 0.3) is 0 Å². The van der Waals surface area contributed by atoms with Gasteiger partial charge in [-0.1, -0.05) is 35.9 Å². The van der Waals surface area contributed by atoms with Crippen LogP contribution in [0, 0.1) is 5.41 Å². The van der Waals surface area contributed by atoms with E-state index in [2.05, 4.69) is 12.1 Å². The van der Waals surface area contributed by atoms with Crippen LogP contribution in [-0.2, 0) is 20.7 Å². The maximum Gasteiger partial charge on any atom is 0.155 e. The quantitative estimate of drug-likeness (QED) is 0.780. The van der Waals surface area contributed by atoms with Crippen LogP contribution in [0.1, 0.15) is 24.8 Å². The van der Waals surface area contributed by atoms with Gasteiger partial charge in [0.1, 0.15) is 5.75 Å². The normalized spacial score (nSPS) is 23.8. The summed E-state index contributed by atoms with van der Waals surface area (Å²) in [5.74, 6) is 0.813. The lowest BCUT2D eigenvalue weighted by Gasteiger charge is -2.56. The van der Waals surface area contributed by atoms with Crippen molar-refractivity contribution in [1.29, 1.82) is 0 Å². The molecule has 1 unspecified atom stereocenters. The van der Waals surface area contributed by atoms with Crippen molar-refractivity contribution in [3.05, 3.63) is 71.8 Å². The van der Waals surface area contributed by atoms with E-state index in [0.29, 0.717) is 43.0 Å². The molecule has 2 aromatic carbocycles. The minimum Gasteiger partial charge on any atom is -0.497 e. The molecule has 5 nitrogen and oxygen atoms in total. The highest BCUT2D eigenvalue weighted by Gasteiger charge is 2.47. The molecule has 0 spiro atoms. The molecule has 1 atom stereocenters. The first-order valence-corrected chi connectivity index (χ1v) is 12.6. The zero-order valence-corrected chi connectivity index (χ0v) is 18.4. The van der Waals surface area contributed by atoms with E-state index >= 15 is 0 Å². The molecule has 4 rings (SSSR count). The fourth-order valence-electron chi connectivity index (χ4n) is 4.77. The minimum absolute atomic E-state index is 0.162. The SMILES string of the molecule is COc1ccc(S(C)(=O)(O)N2CCC3=CC(=O)CCC3(Cc3ccccc3)C2)cc1. The summed E-state index contributed by atoms with van der Waals surface area (Å²) in [5.41, 5.74) is 2.00. The van der Waals surface area contributed by atoms with Crippen LogP contribution in [0.3, 0.4) is 0 Å². The van der Waals surface area contributed by atoms with Crippen LogP contribution in [0.25, 0.3) is 0 Å². The van der Waals surface area contributed by atoms with Gasteiger partial charge in [-0.05, 0) is 55.2 Å². The molecule has 6 heteroatoms. The second-order valence-electron chi connectivity index (χ2n) is 8.60. The number of allylic oxidation sites excluding steroid dienone is 1. The highest BCUT2D eigenvalue weighted by atomic mass is 32.3. The molecule has 0 aromatic heterocycles. The molecule has 2 aliphatic rings. The molecule has 0 saturated carbocycles. The van der Waals surface area contributed by atoms with Gasteiger partial charge in [0.05, 0.1) is 12.0 Å². The molecule has 1 heterocycles. The van der Waals surface area contributed by atoms with Crippen molar-refractivity contribution in [2.75, 3.05) is 26.5 Å². The van der Waals surface area contributed by atoms with E-state index in [-0.39, 0.29) is 11.2 Å². The van der Waals surface area contributed by atoms with Gasteiger partial charge in [-0.15, -0.1) is 9.53 Å². The van der Waals surface area contributed by atoms with Crippen molar-refractivity contribution in [3.8, 4) is 5.75 Å². The number of benzene rings is 2. The fourth-order valence-corrected chi connectivity index (χ4v) is 6.91. The van der Waals surface area contributed by atoms with Gasteiger partial charge in [-0.3, -0.25) is 9.35 Å². The predicted octanol–water partition coefficient (Wildman–Crippen LogP) is 4.12. The number of hydrogen-bond acceptors (Lipinski definition) is 3. The molecular formula is C24H29NO4S.